The fourth-order valence-electron chi connectivity index (χ4n) is 2.21. The Labute approximate surface area is 130 Å². The number of hydrogen-bond acceptors (Lipinski definition) is 5. The van der Waals surface area contributed by atoms with Crippen molar-refractivity contribution in [3.63, 3.8) is 0 Å². The number of nitrogens with zero attached hydrogens (tertiary/aromatic N) is 1. The van der Waals surface area contributed by atoms with Gasteiger partial charge in [0.05, 0.1) is 10.4 Å². The zero-order valence-corrected chi connectivity index (χ0v) is 13.1. The molecule has 1 amide bonds. The van der Waals surface area contributed by atoms with E-state index in [2.05, 4.69) is 16.4 Å². The molecule has 3 N–H and O–H groups in total. The zero-order valence-electron chi connectivity index (χ0n) is 11.5. The fourth-order valence-corrected chi connectivity index (χ4v) is 4.04. The molecule has 108 valence electrons. The lowest BCUT2D eigenvalue weighted by molar-refractivity contribution is 0.0945. The second-order valence-corrected chi connectivity index (χ2v) is 6.96. The summed E-state index contributed by atoms with van der Waals surface area (Å²) in [6.07, 6.45) is 4.25. The van der Waals surface area contributed by atoms with Crippen molar-refractivity contribution in [2.45, 2.75) is 19.4 Å². The zero-order chi connectivity index (χ0) is 14.8. The second-order valence-electron chi connectivity index (χ2n) is 4.87. The summed E-state index contributed by atoms with van der Waals surface area (Å²) in [7, 11) is 0. The highest BCUT2D eigenvalue weighted by Gasteiger charge is 2.18. The Morgan fingerprint density at radius 2 is 2.33 bits per heavy atom. The van der Waals surface area contributed by atoms with Crippen LogP contribution in [-0.4, -0.2) is 16.9 Å². The molecule has 0 saturated heterocycles. The number of carbonyl (C=O) groups is 1. The summed E-state index contributed by atoms with van der Waals surface area (Å²) in [5, 5.41) is 5.95. The molecule has 3 aromatic heterocycles. The lowest BCUT2D eigenvalue weighted by Gasteiger charge is -2.12. The van der Waals surface area contributed by atoms with E-state index in [-0.39, 0.29) is 11.9 Å². The Balaban J connectivity index is 1.76. The average molecular weight is 317 g/mol. The number of anilines is 1. The van der Waals surface area contributed by atoms with Gasteiger partial charge >= 0.3 is 0 Å². The Morgan fingerprint density at radius 3 is 3.05 bits per heavy atom. The van der Waals surface area contributed by atoms with Crippen LogP contribution in [0, 0.1) is 0 Å². The maximum atomic E-state index is 12.4. The molecular weight excluding hydrogens is 302 g/mol. The smallest absolute Gasteiger partial charge is 0.263 e. The molecule has 0 fully saturated rings. The molecule has 4 nitrogen and oxygen atoms in total. The minimum atomic E-state index is -0.113. The summed E-state index contributed by atoms with van der Waals surface area (Å²) >= 11 is 3.08. The minimum absolute atomic E-state index is 0.0684. The van der Waals surface area contributed by atoms with E-state index in [1.54, 1.807) is 23.7 Å². The summed E-state index contributed by atoms with van der Waals surface area (Å²) in [5.41, 5.74) is 6.62. The first-order valence-electron chi connectivity index (χ1n) is 6.60. The number of nitrogen functional groups attached to an aromatic ring is 1. The van der Waals surface area contributed by atoms with Gasteiger partial charge in [0.1, 0.15) is 4.88 Å². The molecule has 0 aliphatic rings. The molecule has 0 saturated carbocycles. The molecule has 1 atom stereocenters. The normalized spacial score (nSPS) is 12.4. The van der Waals surface area contributed by atoms with Crippen LogP contribution in [0.2, 0.25) is 0 Å². The van der Waals surface area contributed by atoms with Crippen LogP contribution in [0.4, 0.5) is 5.69 Å². The standard InChI is InChI=1S/C15H15N3OS2/c1-9(7-10-3-2-6-20-10)18-15(19)14-13(16)11-4-5-17-8-12(11)21-14/h2-6,8-9H,7,16H2,1H3,(H,18,19). The molecule has 0 spiro atoms. The molecule has 1 unspecified atom stereocenters. The predicted octanol–water partition coefficient (Wildman–Crippen LogP) is 3.30. The van der Waals surface area contributed by atoms with Gasteiger partial charge in [-0.25, -0.2) is 0 Å². The van der Waals surface area contributed by atoms with Gasteiger partial charge in [-0.2, -0.15) is 0 Å². The molecule has 0 aliphatic heterocycles. The summed E-state index contributed by atoms with van der Waals surface area (Å²) in [4.78, 5) is 18.3. The van der Waals surface area contributed by atoms with Crippen molar-refractivity contribution >= 4 is 44.4 Å². The number of pyridine rings is 1. The number of rotatable bonds is 4. The van der Waals surface area contributed by atoms with Crippen molar-refractivity contribution in [1.82, 2.24) is 10.3 Å². The van der Waals surface area contributed by atoms with Crippen LogP contribution in [0.5, 0.6) is 0 Å². The number of hydrogen-bond donors (Lipinski definition) is 2. The summed E-state index contributed by atoms with van der Waals surface area (Å²) in [6.45, 7) is 2.00. The summed E-state index contributed by atoms with van der Waals surface area (Å²) in [6, 6.07) is 6.00. The Morgan fingerprint density at radius 1 is 1.48 bits per heavy atom. The number of fused-ring (bicyclic) bond motifs is 1. The highest BCUT2D eigenvalue weighted by Crippen LogP contribution is 2.32. The van der Waals surface area contributed by atoms with Crippen molar-refractivity contribution in [3.05, 3.63) is 45.7 Å². The van der Waals surface area contributed by atoms with Crippen LogP contribution >= 0.6 is 22.7 Å². The molecule has 6 heteroatoms. The van der Waals surface area contributed by atoms with Gasteiger partial charge in [0.2, 0.25) is 0 Å². The highest BCUT2D eigenvalue weighted by atomic mass is 32.1. The molecule has 3 heterocycles. The van der Waals surface area contributed by atoms with Crippen LogP contribution in [0.1, 0.15) is 21.5 Å². The van der Waals surface area contributed by atoms with E-state index < -0.39 is 0 Å². The van der Waals surface area contributed by atoms with Gasteiger partial charge < -0.3 is 11.1 Å². The molecule has 0 radical (unpaired) electrons. The number of carbonyl (C=O) groups excluding carboxylic acids is 1. The van der Waals surface area contributed by atoms with Crippen LogP contribution in [0.25, 0.3) is 10.1 Å². The molecular formula is C15H15N3OS2. The highest BCUT2D eigenvalue weighted by molar-refractivity contribution is 7.21. The van der Waals surface area contributed by atoms with Gasteiger partial charge in [-0.05, 0) is 24.4 Å². The summed E-state index contributed by atoms with van der Waals surface area (Å²) < 4.78 is 0.936. The Kier molecular flexibility index (Phi) is 3.90. The third-order valence-electron chi connectivity index (χ3n) is 3.20. The molecule has 3 aromatic rings. The van der Waals surface area contributed by atoms with Crippen molar-refractivity contribution in [2.24, 2.45) is 0 Å². The fraction of sp³-hybridized carbons (Fsp3) is 0.200. The van der Waals surface area contributed by atoms with E-state index >= 15 is 0 Å². The Bertz CT molecular complexity index is 764. The van der Waals surface area contributed by atoms with Crippen LogP contribution < -0.4 is 11.1 Å². The van der Waals surface area contributed by atoms with Crippen molar-refractivity contribution in [3.8, 4) is 0 Å². The molecule has 0 aromatic carbocycles. The van der Waals surface area contributed by atoms with Gasteiger partial charge in [0, 0.05) is 35.1 Å². The third-order valence-corrected chi connectivity index (χ3v) is 5.26. The van der Waals surface area contributed by atoms with E-state index in [0.29, 0.717) is 10.6 Å². The van der Waals surface area contributed by atoms with Gasteiger partial charge in [-0.15, -0.1) is 22.7 Å². The van der Waals surface area contributed by atoms with E-state index in [1.807, 2.05) is 24.4 Å². The van der Waals surface area contributed by atoms with E-state index in [4.69, 9.17) is 5.73 Å². The van der Waals surface area contributed by atoms with Crippen LogP contribution in [0.3, 0.4) is 0 Å². The average Bonchev–Trinajstić information content (AvgIpc) is 3.07. The topological polar surface area (TPSA) is 68.0 Å². The SMILES string of the molecule is CC(Cc1cccs1)NC(=O)c1sc2cnccc2c1N. The maximum absolute atomic E-state index is 12.4. The monoisotopic (exact) mass is 317 g/mol. The van der Waals surface area contributed by atoms with E-state index in [0.717, 1.165) is 16.5 Å². The maximum Gasteiger partial charge on any atom is 0.263 e. The molecule has 0 aliphatic carbocycles. The number of aromatic nitrogens is 1. The lowest BCUT2D eigenvalue weighted by Crippen LogP contribution is -2.33. The van der Waals surface area contributed by atoms with E-state index in [9.17, 15) is 4.79 Å². The second kappa shape index (κ2) is 5.83. The minimum Gasteiger partial charge on any atom is -0.397 e. The molecule has 3 rings (SSSR count). The number of nitrogens with one attached hydrogen (secondary N) is 1. The van der Waals surface area contributed by atoms with Gasteiger partial charge in [-0.1, -0.05) is 6.07 Å². The number of thiophene rings is 2. The first-order chi connectivity index (χ1) is 10.1. The van der Waals surface area contributed by atoms with Gasteiger partial charge in [-0.3, -0.25) is 9.78 Å². The van der Waals surface area contributed by atoms with Crippen molar-refractivity contribution in [2.75, 3.05) is 5.73 Å². The first-order valence-corrected chi connectivity index (χ1v) is 8.30. The number of amides is 1. The Hall–Kier alpha value is -1.92. The van der Waals surface area contributed by atoms with Gasteiger partial charge in [0.15, 0.2) is 0 Å². The van der Waals surface area contributed by atoms with E-state index in [1.165, 1.54) is 16.2 Å². The largest absolute Gasteiger partial charge is 0.397 e. The number of nitrogens with two attached hydrogens (primary N) is 1. The predicted molar refractivity (Wildman–Crippen MR) is 89.0 cm³/mol. The molecule has 0 bridgehead atoms. The third kappa shape index (κ3) is 2.91. The van der Waals surface area contributed by atoms with Crippen molar-refractivity contribution in [1.29, 1.82) is 0 Å². The lowest BCUT2D eigenvalue weighted by atomic mass is 10.2. The van der Waals surface area contributed by atoms with Gasteiger partial charge in [0.25, 0.3) is 5.91 Å². The quantitative estimate of drug-likeness (QED) is 0.776. The summed E-state index contributed by atoms with van der Waals surface area (Å²) in [5.74, 6) is -0.113. The molecule has 21 heavy (non-hydrogen) atoms. The van der Waals surface area contributed by atoms with Crippen LogP contribution in [-0.2, 0) is 6.42 Å². The van der Waals surface area contributed by atoms with Crippen LogP contribution in [0.15, 0.2) is 36.0 Å². The first kappa shape index (κ1) is 14.0. The van der Waals surface area contributed by atoms with Crippen molar-refractivity contribution < 1.29 is 4.79 Å².